The van der Waals surface area contributed by atoms with Gasteiger partial charge in [-0.3, -0.25) is 0 Å². The molecular weight excluding hydrogens is 236 g/mol. The van der Waals surface area contributed by atoms with Crippen LogP contribution < -0.4 is 0 Å². The molecule has 0 saturated heterocycles. The molecule has 0 spiro atoms. The molecule has 0 aliphatic rings. The second-order valence-electron chi connectivity index (χ2n) is 5.62. The molecule has 0 unspecified atom stereocenters. The normalized spacial score (nSPS) is 12.9. The topological polar surface area (TPSA) is 26.3 Å². The molecule has 0 aromatic rings. The van der Waals surface area contributed by atoms with Crippen LogP contribution in [0.1, 0.15) is 66.7 Å². The van der Waals surface area contributed by atoms with Crippen LogP contribution in [0, 0.1) is 5.92 Å². The quantitative estimate of drug-likeness (QED) is 0.332. The summed E-state index contributed by atoms with van der Waals surface area (Å²) in [6, 6.07) is 0. The van der Waals surface area contributed by atoms with Crippen molar-refractivity contribution in [3.63, 3.8) is 0 Å². The van der Waals surface area contributed by atoms with Gasteiger partial charge in [0.05, 0.1) is 6.61 Å². The first-order valence-electron chi connectivity index (χ1n) is 7.45. The van der Waals surface area contributed by atoms with Gasteiger partial charge in [-0.2, -0.15) is 0 Å². The van der Waals surface area contributed by atoms with Crippen molar-refractivity contribution in [3.8, 4) is 0 Å². The highest BCUT2D eigenvalue weighted by atomic mass is 16.5. The third kappa shape index (κ3) is 11.8. The third-order valence-corrected chi connectivity index (χ3v) is 3.03. The van der Waals surface area contributed by atoms with E-state index in [9.17, 15) is 4.79 Å². The summed E-state index contributed by atoms with van der Waals surface area (Å²) in [5.74, 6) is 0.570. The predicted octanol–water partition coefficient (Wildman–Crippen LogP) is 5.05. The summed E-state index contributed by atoms with van der Waals surface area (Å²) in [7, 11) is 0. The van der Waals surface area contributed by atoms with Gasteiger partial charge < -0.3 is 4.74 Å². The highest BCUT2D eigenvalue weighted by Crippen LogP contribution is 2.13. The van der Waals surface area contributed by atoms with Crippen LogP contribution in [0.15, 0.2) is 23.3 Å². The van der Waals surface area contributed by atoms with Crippen LogP contribution in [0.25, 0.3) is 0 Å². The van der Waals surface area contributed by atoms with E-state index in [1.807, 2.05) is 13.8 Å². The summed E-state index contributed by atoms with van der Waals surface area (Å²) >= 11 is 0. The first kappa shape index (κ1) is 17.9. The fraction of sp³-hybridized carbons (Fsp3) is 0.706. The van der Waals surface area contributed by atoms with Gasteiger partial charge in [-0.25, -0.2) is 4.79 Å². The van der Waals surface area contributed by atoms with Crippen molar-refractivity contribution in [1.82, 2.24) is 0 Å². The molecule has 19 heavy (non-hydrogen) atoms. The molecule has 0 radical (unpaired) electrons. The molecule has 0 rings (SSSR count). The second-order valence-corrected chi connectivity index (χ2v) is 5.62. The SMILES string of the molecule is CCOC(=O)/C=C(\C)CC/C=C(\C)CCCC(C)C. The number of carbonyl (C=O) groups excluding carboxylic acids is 1. The second kappa shape index (κ2) is 10.8. The van der Waals surface area contributed by atoms with Gasteiger partial charge in [0.25, 0.3) is 0 Å². The maximum atomic E-state index is 11.2. The Morgan fingerprint density at radius 1 is 1.16 bits per heavy atom. The number of allylic oxidation sites excluding steroid dienone is 3. The number of carbonyl (C=O) groups is 1. The number of hydrogen-bond donors (Lipinski definition) is 0. The third-order valence-electron chi connectivity index (χ3n) is 3.03. The molecular formula is C17H30O2. The zero-order chi connectivity index (χ0) is 14.7. The van der Waals surface area contributed by atoms with Crippen molar-refractivity contribution < 1.29 is 9.53 Å². The van der Waals surface area contributed by atoms with Crippen LogP contribution in [-0.4, -0.2) is 12.6 Å². The van der Waals surface area contributed by atoms with E-state index < -0.39 is 0 Å². The van der Waals surface area contributed by atoms with Gasteiger partial charge in [-0.15, -0.1) is 0 Å². The van der Waals surface area contributed by atoms with E-state index in [1.165, 1.54) is 24.8 Å². The lowest BCUT2D eigenvalue weighted by Gasteiger charge is -2.05. The molecule has 0 bridgehead atoms. The Labute approximate surface area is 118 Å². The molecule has 2 nitrogen and oxygen atoms in total. The molecule has 0 fully saturated rings. The monoisotopic (exact) mass is 266 g/mol. The van der Waals surface area contributed by atoms with Crippen molar-refractivity contribution in [1.29, 1.82) is 0 Å². The molecule has 0 N–H and O–H groups in total. The molecule has 110 valence electrons. The predicted molar refractivity (Wildman–Crippen MR) is 82.1 cm³/mol. The van der Waals surface area contributed by atoms with E-state index in [1.54, 1.807) is 6.08 Å². The van der Waals surface area contributed by atoms with Crippen molar-refractivity contribution in [2.45, 2.75) is 66.7 Å². The van der Waals surface area contributed by atoms with Crippen LogP contribution in [-0.2, 0) is 9.53 Å². The molecule has 0 aliphatic carbocycles. The van der Waals surface area contributed by atoms with Gasteiger partial charge >= 0.3 is 5.97 Å². The lowest BCUT2D eigenvalue weighted by Crippen LogP contribution is -2.00. The molecule has 0 aromatic heterocycles. The Morgan fingerprint density at radius 3 is 2.42 bits per heavy atom. The molecule has 0 amide bonds. The van der Waals surface area contributed by atoms with Gasteiger partial charge in [-0.1, -0.05) is 37.5 Å². The Morgan fingerprint density at radius 2 is 1.84 bits per heavy atom. The lowest BCUT2D eigenvalue weighted by atomic mass is 10.0. The first-order chi connectivity index (χ1) is 8.95. The van der Waals surface area contributed by atoms with E-state index >= 15 is 0 Å². The maximum absolute atomic E-state index is 11.2. The molecule has 0 aromatic carbocycles. The molecule has 2 heteroatoms. The fourth-order valence-electron chi connectivity index (χ4n) is 1.89. The van der Waals surface area contributed by atoms with Gasteiger partial charge in [0.2, 0.25) is 0 Å². The van der Waals surface area contributed by atoms with Crippen LogP contribution in [0.3, 0.4) is 0 Å². The zero-order valence-electron chi connectivity index (χ0n) is 13.3. The summed E-state index contributed by atoms with van der Waals surface area (Å²) in [4.78, 5) is 11.2. The number of esters is 1. The average Bonchev–Trinajstić information content (AvgIpc) is 2.28. The van der Waals surface area contributed by atoms with Crippen molar-refractivity contribution in [2.75, 3.05) is 6.61 Å². The number of rotatable bonds is 9. The summed E-state index contributed by atoms with van der Waals surface area (Å²) < 4.78 is 4.88. The Hall–Kier alpha value is -1.05. The largest absolute Gasteiger partial charge is 0.463 e. The first-order valence-corrected chi connectivity index (χ1v) is 7.45. The summed E-state index contributed by atoms with van der Waals surface area (Å²) in [5.41, 5.74) is 2.55. The van der Waals surface area contributed by atoms with Gasteiger partial charge in [-0.05, 0) is 52.4 Å². The van der Waals surface area contributed by atoms with Gasteiger partial charge in [0, 0.05) is 6.08 Å². The van der Waals surface area contributed by atoms with Gasteiger partial charge in [0.15, 0.2) is 0 Å². The van der Waals surface area contributed by atoms with Crippen molar-refractivity contribution >= 4 is 5.97 Å². The van der Waals surface area contributed by atoms with E-state index in [4.69, 9.17) is 4.74 Å². The average molecular weight is 266 g/mol. The summed E-state index contributed by atoms with van der Waals surface area (Å²) in [6.45, 7) is 11.0. The minimum atomic E-state index is -0.224. The number of ether oxygens (including phenoxy) is 1. The molecule has 0 aliphatic heterocycles. The van der Waals surface area contributed by atoms with Gasteiger partial charge in [0.1, 0.15) is 0 Å². The van der Waals surface area contributed by atoms with Crippen LogP contribution >= 0.6 is 0 Å². The van der Waals surface area contributed by atoms with E-state index in [0.29, 0.717) is 6.61 Å². The smallest absolute Gasteiger partial charge is 0.330 e. The van der Waals surface area contributed by atoms with E-state index in [2.05, 4.69) is 26.8 Å². The van der Waals surface area contributed by atoms with Crippen LogP contribution in [0.4, 0.5) is 0 Å². The highest BCUT2D eigenvalue weighted by molar-refractivity contribution is 5.82. The fourth-order valence-corrected chi connectivity index (χ4v) is 1.89. The van der Waals surface area contributed by atoms with Crippen molar-refractivity contribution in [2.24, 2.45) is 5.92 Å². The lowest BCUT2D eigenvalue weighted by molar-refractivity contribution is -0.137. The summed E-state index contributed by atoms with van der Waals surface area (Å²) in [6.07, 6.45) is 9.60. The van der Waals surface area contributed by atoms with Crippen LogP contribution in [0.2, 0.25) is 0 Å². The molecule has 0 heterocycles. The Bertz CT molecular complexity index is 311. The van der Waals surface area contributed by atoms with Crippen molar-refractivity contribution in [3.05, 3.63) is 23.3 Å². The maximum Gasteiger partial charge on any atom is 0.330 e. The Balaban J connectivity index is 3.89. The zero-order valence-corrected chi connectivity index (χ0v) is 13.3. The minimum absolute atomic E-state index is 0.224. The molecule has 0 saturated carbocycles. The van der Waals surface area contributed by atoms with Crippen LogP contribution in [0.5, 0.6) is 0 Å². The summed E-state index contributed by atoms with van der Waals surface area (Å²) in [5, 5.41) is 0. The highest BCUT2D eigenvalue weighted by Gasteiger charge is 1.98. The Kier molecular flexibility index (Phi) is 10.2. The number of hydrogen-bond acceptors (Lipinski definition) is 2. The standard InChI is InChI=1S/C17H30O2/c1-6-19-17(18)13-16(5)12-8-11-15(4)10-7-9-14(2)3/h11,13-14H,6-10,12H2,1-5H3/b15-11+,16-13+. The molecule has 0 atom stereocenters. The van der Waals surface area contributed by atoms with E-state index in [-0.39, 0.29) is 5.97 Å². The van der Waals surface area contributed by atoms with E-state index in [0.717, 1.165) is 24.3 Å². The minimum Gasteiger partial charge on any atom is -0.463 e.